The maximum Gasteiger partial charge on any atom is 0.185 e. The van der Waals surface area contributed by atoms with Gasteiger partial charge in [-0.25, -0.2) is 0 Å². The van der Waals surface area contributed by atoms with Crippen LogP contribution in [0.5, 0.6) is 0 Å². The average Bonchev–Trinajstić information content (AvgIpc) is 2.70. The van der Waals surface area contributed by atoms with Crippen molar-refractivity contribution in [3.05, 3.63) is 16.9 Å². The number of aromatic nitrogens is 2. The first kappa shape index (κ1) is 15.2. The topological polar surface area (TPSA) is 34.9 Å². The average molecular weight is 271 g/mol. The lowest BCUT2D eigenvalue weighted by atomic mass is 9.92. The zero-order chi connectivity index (χ0) is 13.7. The Balaban J connectivity index is 3.03. The molecule has 0 atom stereocenters. The van der Waals surface area contributed by atoms with Gasteiger partial charge in [0.15, 0.2) is 5.78 Å². The molecule has 1 aromatic heterocycles. The fraction of sp³-hybridized carbons (Fsp3) is 0.714. The van der Waals surface area contributed by atoms with Crippen molar-refractivity contribution in [2.45, 2.75) is 59.4 Å². The van der Waals surface area contributed by atoms with Crippen molar-refractivity contribution >= 4 is 17.4 Å². The summed E-state index contributed by atoms with van der Waals surface area (Å²) in [6.45, 7) is 8.23. The van der Waals surface area contributed by atoms with E-state index in [2.05, 4.69) is 18.9 Å². The largest absolute Gasteiger partial charge is 0.292 e. The van der Waals surface area contributed by atoms with E-state index in [1.165, 1.54) is 0 Å². The number of halogens is 1. The van der Waals surface area contributed by atoms with Crippen molar-refractivity contribution in [2.75, 3.05) is 0 Å². The molecule has 0 saturated heterocycles. The fourth-order valence-electron chi connectivity index (χ4n) is 2.26. The molecule has 4 heteroatoms. The smallest absolute Gasteiger partial charge is 0.185 e. The highest BCUT2D eigenvalue weighted by atomic mass is 35.5. The molecule has 1 heterocycles. The summed E-state index contributed by atoms with van der Waals surface area (Å²) in [7, 11) is 0. The molecule has 0 N–H and O–H groups in total. The minimum Gasteiger partial charge on any atom is -0.292 e. The number of nitrogens with zero attached hydrogens (tertiary/aromatic N) is 2. The number of Topliss-reactive ketones (excluding diaryl/α,β-unsaturated/α-hetero) is 1. The summed E-state index contributed by atoms with van der Waals surface area (Å²) in [5.41, 5.74) is 0.582. The standard InChI is InChI=1S/C14H23ClN2O/c1-5-7-11(8-6-2)14(18)13-12(15)9-16-17(13)10(3)4/h9-11H,5-8H2,1-4H3. The van der Waals surface area contributed by atoms with Crippen LogP contribution >= 0.6 is 11.6 Å². The van der Waals surface area contributed by atoms with Crippen molar-refractivity contribution in [1.29, 1.82) is 0 Å². The van der Waals surface area contributed by atoms with Crippen LogP contribution < -0.4 is 0 Å². The van der Waals surface area contributed by atoms with E-state index in [0.29, 0.717) is 10.7 Å². The van der Waals surface area contributed by atoms with Gasteiger partial charge in [-0.1, -0.05) is 38.3 Å². The number of hydrogen-bond donors (Lipinski definition) is 0. The zero-order valence-corrected chi connectivity index (χ0v) is 12.5. The van der Waals surface area contributed by atoms with E-state index < -0.39 is 0 Å². The number of carbonyl (C=O) groups is 1. The van der Waals surface area contributed by atoms with Gasteiger partial charge in [-0.05, 0) is 26.7 Å². The lowest BCUT2D eigenvalue weighted by Gasteiger charge is -2.17. The van der Waals surface area contributed by atoms with Gasteiger partial charge in [0.25, 0.3) is 0 Å². The number of ketones is 1. The summed E-state index contributed by atoms with van der Waals surface area (Å²) in [6, 6.07) is 0.153. The van der Waals surface area contributed by atoms with Gasteiger partial charge in [0, 0.05) is 12.0 Å². The molecular weight excluding hydrogens is 248 g/mol. The van der Waals surface area contributed by atoms with Crippen LogP contribution in [-0.2, 0) is 0 Å². The van der Waals surface area contributed by atoms with Crippen molar-refractivity contribution in [1.82, 2.24) is 9.78 Å². The molecule has 3 nitrogen and oxygen atoms in total. The number of hydrogen-bond acceptors (Lipinski definition) is 2. The Bertz CT molecular complexity index is 392. The molecule has 0 spiro atoms. The molecule has 0 aliphatic rings. The van der Waals surface area contributed by atoms with Gasteiger partial charge < -0.3 is 0 Å². The van der Waals surface area contributed by atoms with Crippen molar-refractivity contribution < 1.29 is 4.79 Å². The van der Waals surface area contributed by atoms with E-state index in [1.54, 1.807) is 10.9 Å². The van der Waals surface area contributed by atoms with Crippen LogP contribution in [0.4, 0.5) is 0 Å². The van der Waals surface area contributed by atoms with E-state index >= 15 is 0 Å². The summed E-state index contributed by atoms with van der Waals surface area (Å²) in [5.74, 6) is 0.224. The quantitative estimate of drug-likeness (QED) is 0.683. The normalized spacial score (nSPS) is 11.5. The second-order valence-electron chi connectivity index (χ2n) is 5.02. The maximum absolute atomic E-state index is 12.6. The van der Waals surface area contributed by atoms with Gasteiger partial charge in [0.05, 0.1) is 11.2 Å². The predicted octanol–water partition coefficient (Wildman–Crippen LogP) is 4.52. The predicted molar refractivity (Wildman–Crippen MR) is 75.3 cm³/mol. The summed E-state index contributed by atoms with van der Waals surface area (Å²) in [6.07, 6.45) is 5.45. The highest BCUT2D eigenvalue weighted by Crippen LogP contribution is 2.26. The molecule has 0 aliphatic carbocycles. The lowest BCUT2D eigenvalue weighted by molar-refractivity contribution is 0.0892. The van der Waals surface area contributed by atoms with Gasteiger partial charge in [0.1, 0.15) is 5.69 Å². The molecule has 0 bridgehead atoms. The zero-order valence-electron chi connectivity index (χ0n) is 11.7. The summed E-state index contributed by atoms with van der Waals surface area (Å²) < 4.78 is 1.74. The van der Waals surface area contributed by atoms with Gasteiger partial charge >= 0.3 is 0 Å². The third kappa shape index (κ3) is 3.35. The van der Waals surface area contributed by atoms with Gasteiger partial charge in [-0.2, -0.15) is 5.10 Å². The first-order valence-corrected chi connectivity index (χ1v) is 7.17. The van der Waals surface area contributed by atoms with Crippen LogP contribution in [-0.4, -0.2) is 15.6 Å². The molecular formula is C14H23ClN2O. The first-order chi connectivity index (χ1) is 8.52. The molecule has 18 heavy (non-hydrogen) atoms. The summed E-state index contributed by atoms with van der Waals surface area (Å²) in [5, 5.41) is 4.68. The Kier molecular flexibility index (Phi) is 5.86. The first-order valence-electron chi connectivity index (χ1n) is 6.80. The van der Waals surface area contributed by atoms with Crippen LogP contribution in [0.1, 0.15) is 69.9 Å². The van der Waals surface area contributed by atoms with Crippen molar-refractivity contribution in [3.63, 3.8) is 0 Å². The highest BCUT2D eigenvalue weighted by Gasteiger charge is 2.25. The third-order valence-corrected chi connectivity index (χ3v) is 3.39. The van der Waals surface area contributed by atoms with E-state index in [9.17, 15) is 4.79 Å². The van der Waals surface area contributed by atoms with Crippen molar-refractivity contribution in [3.8, 4) is 0 Å². The summed E-state index contributed by atoms with van der Waals surface area (Å²) in [4.78, 5) is 12.6. The minimum absolute atomic E-state index is 0.0756. The minimum atomic E-state index is 0.0756. The van der Waals surface area contributed by atoms with Crippen LogP contribution in [0.15, 0.2) is 6.20 Å². The molecule has 0 radical (unpaired) electrons. The molecule has 1 aromatic rings. The highest BCUT2D eigenvalue weighted by molar-refractivity contribution is 6.33. The Morgan fingerprint density at radius 1 is 1.33 bits per heavy atom. The van der Waals surface area contributed by atoms with Crippen LogP contribution in [0, 0.1) is 5.92 Å². The molecule has 1 rings (SSSR count). The second-order valence-corrected chi connectivity index (χ2v) is 5.43. The second kappa shape index (κ2) is 6.93. The van der Waals surface area contributed by atoms with Gasteiger partial charge in [0.2, 0.25) is 0 Å². The van der Waals surface area contributed by atoms with E-state index in [4.69, 9.17) is 11.6 Å². The SMILES string of the molecule is CCCC(CCC)C(=O)c1c(Cl)cnn1C(C)C. The Morgan fingerprint density at radius 3 is 2.33 bits per heavy atom. The van der Waals surface area contributed by atoms with Gasteiger partial charge in [-0.3, -0.25) is 9.48 Å². The van der Waals surface area contributed by atoms with Crippen LogP contribution in [0.25, 0.3) is 0 Å². The number of carbonyl (C=O) groups excluding carboxylic acids is 1. The van der Waals surface area contributed by atoms with E-state index in [1.807, 2.05) is 13.8 Å². The van der Waals surface area contributed by atoms with Crippen molar-refractivity contribution in [2.24, 2.45) is 5.92 Å². The molecule has 0 fully saturated rings. The maximum atomic E-state index is 12.6. The molecule has 0 amide bonds. The van der Waals surface area contributed by atoms with E-state index in [-0.39, 0.29) is 17.7 Å². The fourth-order valence-corrected chi connectivity index (χ4v) is 2.48. The Hall–Kier alpha value is -0.830. The van der Waals surface area contributed by atoms with E-state index in [0.717, 1.165) is 25.7 Å². The molecule has 0 aromatic carbocycles. The number of rotatable bonds is 7. The van der Waals surface area contributed by atoms with Crippen LogP contribution in [0.3, 0.4) is 0 Å². The molecule has 0 saturated carbocycles. The molecule has 0 unspecified atom stereocenters. The Labute approximate surface area is 115 Å². The summed E-state index contributed by atoms with van der Waals surface area (Å²) >= 11 is 6.12. The molecule has 0 aliphatic heterocycles. The van der Waals surface area contributed by atoms with Crippen LogP contribution in [0.2, 0.25) is 5.02 Å². The molecule has 102 valence electrons. The Morgan fingerprint density at radius 2 is 1.89 bits per heavy atom. The van der Waals surface area contributed by atoms with Gasteiger partial charge in [-0.15, -0.1) is 0 Å². The third-order valence-electron chi connectivity index (χ3n) is 3.12. The lowest BCUT2D eigenvalue weighted by Crippen LogP contribution is -2.20. The monoisotopic (exact) mass is 270 g/mol.